The van der Waals surface area contributed by atoms with Crippen LogP contribution in [0.1, 0.15) is 5.69 Å². The highest BCUT2D eigenvalue weighted by molar-refractivity contribution is 7.22. The van der Waals surface area contributed by atoms with E-state index in [1.54, 1.807) is 0 Å². The molecule has 0 fully saturated rings. The van der Waals surface area contributed by atoms with Gasteiger partial charge in [0.05, 0.1) is 11.3 Å². The van der Waals surface area contributed by atoms with E-state index in [0.717, 1.165) is 29.0 Å². The van der Waals surface area contributed by atoms with Crippen LogP contribution < -0.4 is 4.57 Å². The number of hydrogen-bond donors (Lipinski definition) is 0. The highest BCUT2D eigenvalue weighted by Crippen LogP contribution is 2.39. The fourth-order valence-electron chi connectivity index (χ4n) is 3.75. The monoisotopic (exact) mass is 341 g/mol. The molecule has 0 aliphatic carbocycles. The van der Waals surface area contributed by atoms with Gasteiger partial charge in [0.1, 0.15) is 17.7 Å². The molecule has 0 saturated heterocycles. The van der Waals surface area contributed by atoms with Crippen LogP contribution in [0, 0.1) is 0 Å². The van der Waals surface area contributed by atoms with Gasteiger partial charge in [0.25, 0.3) is 0 Å². The summed E-state index contributed by atoms with van der Waals surface area (Å²) in [6.07, 6.45) is 3.75. The molecular weight excluding hydrogens is 328 g/mol. The van der Waals surface area contributed by atoms with Crippen molar-refractivity contribution in [1.29, 1.82) is 0 Å². The number of nitrogens with zero attached hydrogens (tertiary/aromatic N) is 4. The fourth-order valence-corrected chi connectivity index (χ4v) is 5.05. The second-order valence-electron chi connectivity index (χ2n) is 6.19. The van der Waals surface area contributed by atoms with Crippen molar-refractivity contribution < 1.29 is 4.57 Å². The van der Waals surface area contributed by atoms with Gasteiger partial charge in [-0.05, 0) is 36.4 Å². The number of para-hydroxylation sites is 1. The quantitative estimate of drug-likeness (QED) is 0.424. The highest BCUT2D eigenvalue weighted by atomic mass is 32.1. The van der Waals surface area contributed by atoms with Gasteiger partial charge < -0.3 is 0 Å². The molecule has 0 unspecified atom stereocenters. The molecule has 118 valence electrons. The Labute approximate surface area is 147 Å². The minimum atomic E-state index is 0.814. The van der Waals surface area contributed by atoms with Crippen molar-refractivity contribution in [3.8, 4) is 16.3 Å². The molecule has 6 rings (SSSR count). The molecule has 1 aliphatic heterocycles. The zero-order chi connectivity index (χ0) is 16.4. The SMILES string of the molecule is c1ccc(-n2c3cccnc3c3sc4[n+](c32)Cc2ncccc2-4)cc1. The van der Waals surface area contributed by atoms with Gasteiger partial charge in [-0.25, -0.2) is 4.57 Å². The van der Waals surface area contributed by atoms with Gasteiger partial charge in [-0.15, -0.1) is 0 Å². The summed E-state index contributed by atoms with van der Waals surface area (Å²) < 4.78 is 5.94. The number of thiazole rings is 1. The molecule has 5 heteroatoms. The van der Waals surface area contributed by atoms with Crippen LogP contribution in [0.4, 0.5) is 0 Å². The molecule has 0 saturated carbocycles. The van der Waals surface area contributed by atoms with Crippen LogP contribution in [0.5, 0.6) is 0 Å². The third-order valence-electron chi connectivity index (χ3n) is 4.80. The molecule has 25 heavy (non-hydrogen) atoms. The first-order valence-electron chi connectivity index (χ1n) is 8.23. The zero-order valence-electron chi connectivity index (χ0n) is 13.3. The minimum Gasteiger partial charge on any atom is -0.256 e. The lowest BCUT2D eigenvalue weighted by atomic mass is 10.2. The van der Waals surface area contributed by atoms with Crippen molar-refractivity contribution in [2.45, 2.75) is 6.54 Å². The van der Waals surface area contributed by atoms with Crippen LogP contribution >= 0.6 is 11.3 Å². The maximum Gasteiger partial charge on any atom is 0.308 e. The number of pyridine rings is 2. The first-order valence-corrected chi connectivity index (χ1v) is 9.05. The van der Waals surface area contributed by atoms with E-state index in [9.17, 15) is 0 Å². The van der Waals surface area contributed by atoms with E-state index in [1.807, 2.05) is 35.9 Å². The Morgan fingerprint density at radius 3 is 2.68 bits per heavy atom. The van der Waals surface area contributed by atoms with Gasteiger partial charge in [-0.1, -0.05) is 29.5 Å². The molecule has 0 radical (unpaired) electrons. The molecule has 4 aromatic heterocycles. The lowest BCUT2D eigenvalue weighted by Crippen LogP contribution is -2.32. The number of hydrogen-bond acceptors (Lipinski definition) is 3. The average Bonchev–Trinajstić information content (AvgIpc) is 3.30. The summed E-state index contributed by atoms with van der Waals surface area (Å²) in [5.74, 6) is 0. The minimum absolute atomic E-state index is 0.814. The van der Waals surface area contributed by atoms with Gasteiger partial charge in [0.2, 0.25) is 0 Å². The summed E-state index contributed by atoms with van der Waals surface area (Å²) in [6.45, 7) is 0.814. The Kier molecular flexibility index (Phi) is 2.51. The second-order valence-corrected chi connectivity index (χ2v) is 7.18. The van der Waals surface area contributed by atoms with E-state index in [-0.39, 0.29) is 0 Å². The Morgan fingerprint density at radius 1 is 0.920 bits per heavy atom. The molecule has 5 aromatic rings. The summed E-state index contributed by atoms with van der Waals surface area (Å²) in [7, 11) is 0. The van der Waals surface area contributed by atoms with Crippen LogP contribution in [0.3, 0.4) is 0 Å². The molecule has 0 amide bonds. The van der Waals surface area contributed by atoms with Crippen molar-refractivity contribution in [1.82, 2.24) is 14.5 Å². The largest absolute Gasteiger partial charge is 0.308 e. The van der Waals surface area contributed by atoms with E-state index in [0.29, 0.717) is 0 Å². The first-order chi connectivity index (χ1) is 12.4. The predicted octanol–water partition coefficient (Wildman–Crippen LogP) is 3.95. The van der Waals surface area contributed by atoms with E-state index < -0.39 is 0 Å². The van der Waals surface area contributed by atoms with Crippen molar-refractivity contribution in [3.05, 3.63) is 72.7 Å². The summed E-state index contributed by atoms with van der Waals surface area (Å²) in [5.41, 5.74) is 6.97. The Hall–Kier alpha value is -3.05. The van der Waals surface area contributed by atoms with Gasteiger partial charge in [0, 0.05) is 12.4 Å². The normalized spacial score (nSPS) is 12.6. The van der Waals surface area contributed by atoms with Crippen LogP contribution in [0.15, 0.2) is 67.0 Å². The number of aromatic nitrogens is 4. The topological polar surface area (TPSA) is 34.6 Å². The summed E-state index contributed by atoms with van der Waals surface area (Å²) in [6, 6.07) is 18.8. The maximum atomic E-state index is 4.68. The standard InChI is InChI=1S/C20H13N4S/c1-2-6-13(7-3-1)24-16-9-5-11-22-17(16)18-19(24)23-12-15-14(20(23)25-18)8-4-10-21-15/h1-11H,12H2/q+1. The van der Waals surface area contributed by atoms with E-state index in [4.69, 9.17) is 0 Å². The van der Waals surface area contributed by atoms with Gasteiger partial charge >= 0.3 is 5.65 Å². The Morgan fingerprint density at radius 2 is 1.76 bits per heavy atom. The van der Waals surface area contributed by atoms with Crippen molar-refractivity contribution in [2.24, 2.45) is 0 Å². The number of rotatable bonds is 1. The molecular formula is C20H13N4S+. The summed E-state index contributed by atoms with van der Waals surface area (Å²) >= 11 is 1.81. The maximum absolute atomic E-state index is 4.68. The van der Waals surface area contributed by atoms with Gasteiger partial charge in [-0.3, -0.25) is 9.97 Å². The van der Waals surface area contributed by atoms with Crippen LogP contribution in [0.25, 0.3) is 37.6 Å². The third kappa shape index (κ3) is 1.68. The molecule has 0 spiro atoms. The molecule has 0 N–H and O–H groups in total. The van der Waals surface area contributed by atoms with E-state index in [2.05, 4.69) is 61.6 Å². The summed E-state index contributed by atoms with van der Waals surface area (Å²) in [5, 5.41) is 1.27. The van der Waals surface area contributed by atoms with Gasteiger partial charge in [0.15, 0.2) is 15.2 Å². The average molecular weight is 341 g/mol. The van der Waals surface area contributed by atoms with Crippen molar-refractivity contribution >= 4 is 32.7 Å². The third-order valence-corrected chi connectivity index (χ3v) is 6.01. The lowest BCUT2D eigenvalue weighted by molar-refractivity contribution is -0.644. The lowest BCUT2D eigenvalue weighted by Gasteiger charge is -2.00. The Balaban J connectivity index is 1.79. The molecule has 0 bridgehead atoms. The van der Waals surface area contributed by atoms with E-state index in [1.165, 1.54) is 20.9 Å². The highest BCUT2D eigenvalue weighted by Gasteiger charge is 2.34. The predicted molar refractivity (Wildman–Crippen MR) is 99.0 cm³/mol. The van der Waals surface area contributed by atoms with Crippen molar-refractivity contribution in [3.63, 3.8) is 0 Å². The Bertz CT molecular complexity index is 1270. The molecule has 4 nitrogen and oxygen atoms in total. The smallest absolute Gasteiger partial charge is 0.256 e. The second kappa shape index (κ2) is 4.74. The summed E-state index contributed by atoms with van der Waals surface area (Å²) in [4.78, 5) is 9.26. The van der Waals surface area contributed by atoms with Crippen LogP contribution in [0.2, 0.25) is 0 Å². The molecule has 0 atom stereocenters. The van der Waals surface area contributed by atoms with Crippen LogP contribution in [-0.4, -0.2) is 14.5 Å². The van der Waals surface area contributed by atoms with Crippen LogP contribution in [-0.2, 0) is 6.54 Å². The number of benzene rings is 1. The molecule has 5 heterocycles. The molecule has 1 aromatic carbocycles. The fraction of sp³-hybridized carbons (Fsp3) is 0.0500. The molecule has 1 aliphatic rings. The van der Waals surface area contributed by atoms with Crippen molar-refractivity contribution in [2.75, 3.05) is 0 Å². The van der Waals surface area contributed by atoms with E-state index >= 15 is 0 Å². The first kappa shape index (κ1) is 13.3. The zero-order valence-corrected chi connectivity index (χ0v) is 14.1. The number of fused-ring (bicyclic) bond motifs is 7. The van der Waals surface area contributed by atoms with Gasteiger partial charge in [-0.2, -0.15) is 4.57 Å².